The van der Waals surface area contributed by atoms with E-state index in [-0.39, 0.29) is 0 Å². The summed E-state index contributed by atoms with van der Waals surface area (Å²) in [6, 6.07) is 65.2. The smallest absolute Gasteiger partial charge is 0.0713 e. The van der Waals surface area contributed by atoms with Gasteiger partial charge >= 0.3 is 0 Å². The van der Waals surface area contributed by atoms with E-state index in [1.807, 2.05) is 19.1 Å². The van der Waals surface area contributed by atoms with E-state index in [2.05, 4.69) is 208 Å². The Balaban J connectivity index is 1.25. The molecule has 262 valence electrons. The normalized spacial score (nSPS) is 13.5. The van der Waals surface area contributed by atoms with E-state index in [9.17, 15) is 0 Å². The average Bonchev–Trinajstić information content (AvgIpc) is 3.54. The van der Waals surface area contributed by atoms with Crippen molar-refractivity contribution in [3.63, 3.8) is 0 Å². The van der Waals surface area contributed by atoms with E-state index in [0.717, 1.165) is 16.7 Å². The fraction of sp³-hybridized carbons (Fsp3) is 0.0545. The van der Waals surface area contributed by atoms with Gasteiger partial charge in [0.15, 0.2) is 0 Å². The van der Waals surface area contributed by atoms with Crippen molar-refractivity contribution >= 4 is 27.6 Å². The van der Waals surface area contributed by atoms with Gasteiger partial charge in [-0.05, 0) is 114 Å². The standard InChI is InChI=1S/C55H42/c1-4-18-38(3)40(5-2)32-29-39-30-33-41(34-31-39)53-47-24-12-14-26-49(47)54(50-27-15-13-25-48(50)53)42-35-36-46-45-23-16-17-28-51(45)55(52(46)37-42,43-19-8-6-9-20-43)44-21-10-7-11-22-44/h4-37H,3H2,1-2H3. The van der Waals surface area contributed by atoms with E-state index in [0.29, 0.717) is 0 Å². The zero-order valence-electron chi connectivity index (χ0n) is 31.3. The summed E-state index contributed by atoms with van der Waals surface area (Å²) in [6.45, 7) is 8.30. The van der Waals surface area contributed by atoms with Gasteiger partial charge in [-0.3, -0.25) is 0 Å². The highest BCUT2D eigenvalue weighted by molar-refractivity contribution is 6.21. The van der Waals surface area contributed by atoms with Gasteiger partial charge < -0.3 is 0 Å². The lowest BCUT2D eigenvalue weighted by Gasteiger charge is -2.34. The summed E-state index contributed by atoms with van der Waals surface area (Å²) in [5.74, 6) is 0. The molecule has 8 aromatic carbocycles. The Kier molecular flexibility index (Phi) is 8.81. The topological polar surface area (TPSA) is 0 Å². The molecule has 0 fully saturated rings. The third-order valence-corrected chi connectivity index (χ3v) is 11.4. The molecule has 1 aliphatic carbocycles. The summed E-state index contributed by atoms with van der Waals surface area (Å²) in [7, 11) is 0. The second kappa shape index (κ2) is 14.2. The molecule has 0 aromatic heterocycles. The minimum atomic E-state index is -0.459. The fourth-order valence-corrected chi connectivity index (χ4v) is 8.98. The predicted molar refractivity (Wildman–Crippen MR) is 236 cm³/mol. The number of hydrogen-bond acceptors (Lipinski definition) is 0. The monoisotopic (exact) mass is 702 g/mol. The Labute approximate surface area is 324 Å². The largest absolute Gasteiger partial charge is 0.0912 e. The molecule has 0 heterocycles. The minimum absolute atomic E-state index is 0.459. The Bertz CT molecular complexity index is 2710. The summed E-state index contributed by atoms with van der Waals surface area (Å²) >= 11 is 0. The molecular formula is C55H42. The number of hydrogen-bond donors (Lipinski definition) is 0. The van der Waals surface area contributed by atoms with Crippen LogP contribution in [0.2, 0.25) is 0 Å². The molecule has 0 atom stereocenters. The third-order valence-electron chi connectivity index (χ3n) is 11.4. The highest BCUT2D eigenvalue weighted by Crippen LogP contribution is 2.57. The zero-order valence-corrected chi connectivity index (χ0v) is 31.3. The SMILES string of the molecule is C=C(C=CC)C(C=Cc1ccc(-c2c3ccccc3c(-c3ccc4c(c3)C(c3ccccc3)(c3ccccc3)c3ccccc3-4)c3ccccc23)cc1)=CC. The van der Waals surface area contributed by atoms with Crippen LogP contribution < -0.4 is 0 Å². The molecule has 0 saturated carbocycles. The molecule has 0 aliphatic heterocycles. The Morgan fingerprint density at radius 3 is 1.53 bits per heavy atom. The van der Waals surface area contributed by atoms with Crippen LogP contribution in [0.4, 0.5) is 0 Å². The maximum atomic E-state index is 4.22. The number of benzene rings is 8. The van der Waals surface area contributed by atoms with Gasteiger partial charge in [0.25, 0.3) is 0 Å². The summed E-state index contributed by atoms with van der Waals surface area (Å²) in [6.07, 6.45) is 10.5. The van der Waals surface area contributed by atoms with Crippen LogP contribution >= 0.6 is 0 Å². The molecule has 8 aromatic rings. The molecule has 0 spiro atoms. The first-order valence-corrected chi connectivity index (χ1v) is 19.2. The van der Waals surface area contributed by atoms with Crippen molar-refractivity contribution in [1.29, 1.82) is 0 Å². The van der Waals surface area contributed by atoms with E-state index in [4.69, 9.17) is 0 Å². The molecular weight excluding hydrogens is 661 g/mol. The van der Waals surface area contributed by atoms with Crippen LogP contribution in [-0.4, -0.2) is 0 Å². The van der Waals surface area contributed by atoms with Crippen molar-refractivity contribution < 1.29 is 0 Å². The van der Waals surface area contributed by atoms with Gasteiger partial charge in [0, 0.05) is 0 Å². The van der Waals surface area contributed by atoms with Gasteiger partial charge in [-0.2, -0.15) is 0 Å². The van der Waals surface area contributed by atoms with Gasteiger partial charge in [0.05, 0.1) is 5.41 Å². The van der Waals surface area contributed by atoms with Crippen molar-refractivity contribution in [2.24, 2.45) is 0 Å². The van der Waals surface area contributed by atoms with Crippen molar-refractivity contribution in [3.8, 4) is 33.4 Å². The Morgan fingerprint density at radius 2 is 0.964 bits per heavy atom. The first-order valence-electron chi connectivity index (χ1n) is 19.2. The quantitative estimate of drug-likeness (QED) is 0.109. The Hall–Kier alpha value is -6.76. The molecule has 0 saturated heterocycles. The van der Waals surface area contributed by atoms with E-state index < -0.39 is 5.41 Å². The number of allylic oxidation sites excluding steroid dienone is 6. The highest BCUT2D eigenvalue weighted by Gasteiger charge is 2.46. The highest BCUT2D eigenvalue weighted by atomic mass is 14.5. The van der Waals surface area contributed by atoms with Gasteiger partial charge in [0.1, 0.15) is 0 Å². The lowest BCUT2D eigenvalue weighted by atomic mass is 9.67. The maximum absolute atomic E-state index is 4.22. The Morgan fingerprint density at radius 1 is 0.473 bits per heavy atom. The fourth-order valence-electron chi connectivity index (χ4n) is 8.98. The van der Waals surface area contributed by atoms with Gasteiger partial charge in [0.2, 0.25) is 0 Å². The molecule has 0 unspecified atom stereocenters. The number of rotatable bonds is 8. The van der Waals surface area contributed by atoms with Gasteiger partial charge in [-0.15, -0.1) is 0 Å². The summed E-state index contributed by atoms with van der Waals surface area (Å²) in [5.41, 5.74) is 15.6. The van der Waals surface area contributed by atoms with Crippen LogP contribution in [0.5, 0.6) is 0 Å². The second-order valence-electron chi connectivity index (χ2n) is 14.4. The third kappa shape index (κ3) is 5.61. The maximum Gasteiger partial charge on any atom is 0.0713 e. The van der Waals surface area contributed by atoms with E-state index in [1.165, 1.54) is 77.2 Å². The summed E-state index contributed by atoms with van der Waals surface area (Å²) in [4.78, 5) is 0. The van der Waals surface area contributed by atoms with E-state index >= 15 is 0 Å². The van der Waals surface area contributed by atoms with Crippen LogP contribution in [0.1, 0.15) is 41.7 Å². The lowest BCUT2D eigenvalue weighted by Crippen LogP contribution is -2.28. The molecule has 0 bridgehead atoms. The lowest BCUT2D eigenvalue weighted by molar-refractivity contribution is 0.769. The van der Waals surface area contributed by atoms with Crippen LogP contribution in [-0.2, 0) is 5.41 Å². The van der Waals surface area contributed by atoms with E-state index in [1.54, 1.807) is 0 Å². The molecule has 0 nitrogen and oxygen atoms in total. The van der Waals surface area contributed by atoms with Crippen LogP contribution in [0.3, 0.4) is 0 Å². The molecule has 0 N–H and O–H groups in total. The van der Waals surface area contributed by atoms with Crippen LogP contribution in [0, 0.1) is 0 Å². The first kappa shape index (κ1) is 34.0. The zero-order chi connectivity index (χ0) is 37.4. The summed E-state index contributed by atoms with van der Waals surface area (Å²) < 4.78 is 0. The molecule has 55 heavy (non-hydrogen) atoms. The minimum Gasteiger partial charge on any atom is -0.0912 e. The summed E-state index contributed by atoms with van der Waals surface area (Å²) in [5, 5.41) is 5.00. The van der Waals surface area contributed by atoms with Crippen LogP contribution in [0.15, 0.2) is 218 Å². The van der Waals surface area contributed by atoms with Gasteiger partial charge in [-0.25, -0.2) is 0 Å². The van der Waals surface area contributed by atoms with Crippen LogP contribution in [0.25, 0.3) is 61.0 Å². The molecule has 0 heteroatoms. The average molecular weight is 703 g/mol. The number of fused-ring (bicyclic) bond motifs is 5. The first-order chi connectivity index (χ1) is 27.1. The molecule has 0 radical (unpaired) electrons. The van der Waals surface area contributed by atoms with Crippen molar-refractivity contribution in [1.82, 2.24) is 0 Å². The molecule has 1 aliphatic rings. The van der Waals surface area contributed by atoms with Crippen molar-refractivity contribution in [2.75, 3.05) is 0 Å². The van der Waals surface area contributed by atoms with Crippen molar-refractivity contribution in [2.45, 2.75) is 19.3 Å². The van der Waals surface area contributed by atoms with Gasteiger partial charge in [-0.1, -0.05) is 207 Å². The predicted octanol–water partition coefficient (Wildman–Crippen LogP) is 14.8. The molecule has 0 amide bonds. The second-order valence-corrected chi connectivity index (χ2v) is 14.4. The van der Waals surface area contributed by atoms with Crippen molar-refractivity contribution in [3.05, 3.63) is 246 Å². The molecule has 9 rings (SSSR count).